The molecular formula is C15H26N2O4. The van der Waals surface area contributed by atoms with E-state index in [1.807, 2.05) is 0 Å². The number of hydrogen-bond acceptors (Lipinski definition) is 5. The van der Waals surface area contributed by atoms with Crippen molar-refractivity contribution in [2.75, 3.05) is 13.7 Å². The Morgan fingerprint density at radius 1 is 1.33 bits per heavy atom. The Bertz CT molecular complexity index is 382. The molecular weight excluding hydrogens is 272 g/mol. The standard InChI is InChI=1S/C15H26N2O4/c1-21-15(20)13-8-11(18)9-17(13)14(19)12(16)7-10-5-3-2-4-6-10/h10-13,18H,2-9,16H2,1H3/t11-,12-,13+/m1/s1. The smallest absolute Gasteiger partial charge is 0.328 e. The molecule has 0 radical (unpaired) electrons. The van der Waals surface area contributed by atoms with E-state index in [0.717, 1.165) is 12.8 Å². The summed E-state index contributed by atoms with van der Waals surface area (Å²) in [7, 11) is 1.29. The molecule has 1 saturated heterocycles. The molecule has 3 atom stereocenters. The molecule has 0 aromatic rings. The summed E-state index contributed by atoms with van der Waals surface area (Å²) >= 11 is 0. The lowest BCUT2D eigenvalue weighted by atomic mass is 9.84. The molecule has 2 fully saturated rings. The second-order valence-electron chi connectivity index (χ2n) is 6.27. The number of aliphatic hydroxyl groups excluding tert-OH is 1. The van der Waals surface area contributed by atoms with Crippen LogP contribution in [0.25, 0.3) is 0 Å². The van der Waals surface area contributed by atoms with E-state index in [0.29, 0.717) is 12.3 Å². The number of nitrogens with two attached hydrogens (primary N) is 1. The fourth-order valence-electron chi connectivity index (χ4n) is 3.51. The van der Waals surface area contributed by atoms with E-state index in [1.165, 1.54) is 31.3 Å². The van der Waals surface area contributed by atoms with Crippen LogP contribution < -0.4 is 5.73 Å². The minimum absolute atomic E-state index is 0.164. The number of likely N-dealkylation sites (tertiary alicyclic amines) is 1. The Labute approximate surface area is 125 Å². The molecule has 0 aromatic heterocycles. The summed E-state index contributed by atoms with van der Waals surface area (Å²) in [5, 5.41) is 9.72. The van der Waals surface area contributed by atoms with Crippen LogP contribution in [0.5, 0.6) is 0 Å². The molecule has 6 nitrogen and oxygen atoms in total. The highest BCUT2D eigenvalue weighted by Crippen LogP contribution is 2.28. The van der Waals surface area contributed by atoms with Crippen LogP contribution >= 0.6 is 0 Å². The number of β-amino-alcohol motifs (C(OH)–C–C–N with tert-alkyl or cyclic N) is 1. The van der Waals surface area contributed by atoms with Gasteiger partial charge in [-0.25, -0.2) is 4.79 Å². The van der Waals surface area contributed by atoms with Crippen LogP contribution in [0.3, 0.4) is 0 Å². The molecule has 3 N–H and O–H groups in total. The van der Waals surface area contributed by atoms with Gasteiger partial charge in [0.2, 0.25) is 5.91 Å². The minimum atomic E-state index is -0.699. The Morgan fingerprint density at radius 2 is 2.00 bits per heavy atom. The lowest BCUT2D eigenvalue weighted by Crippen LogP contribution is -2.49. The van der Waals surface area contributed by atoms with Gasteiger partial charge in [-0.05, 0) is 12.3 Å². The van der Waals surface area contributed by atoms with Gasteiger partial charge in [-0.3, -0.25) is 4.79 Å². The summed E-state index contributed by atoms with van der Waals surface area (Å²) in [5.41, 5.74) is 6.05. The van der Waals surface area contributed by atoms with Crippen molar-refractivity contribution in [3.63, 3.8) is 0 Å². The number of esters is 1. The lowest BCUT2D eigenvalue weighted by Gasteiger charge is -2.28. The number of carbonyl (C=O) groups excluding carboxylic acids is 2. The summed E-state index contributed by atoms with van der Waals surface area (Å²) in [6.07, 6.45) is 6.15. The SMILES string of the molecule is COC(=O)[C@@H]1C[C@@H](O)CN1C(=O)[C@H](N)CC1CCCCC1. The molecule has 120 valence electrons. The number of amides is 1. The molecule has 0 unspecified atom stereocenters. The van der Waals surface area contributed by atoms with Crippen LogP contribution in [0.2, 0.25) is 0 Å². The quantitative estimate of drug-likeness (QED) is 0.734. The first-order chi connectivity index (χ1) is 10.0. The predicted octanol–water partition coefficient (Wildman–Crippen LogP) is 0.419. The average molecular weight is 298 g/mol. The number of carbonyl (C=O) groups is 2. The van der Waals surface area contributed by atoms with Crippen molar-refractivity contribution in [3.8, 4) is 0 Å². The Hall–Kier alpha value is -1.14. The largest absolute Gasteiger partial charge is 0.467 e. The Balaban J connectivity index is 1.94. The molecule has 2 aliphatic rings. The molecule has 6 heteroatoms. The molecule has 0 bridgehead atoms. The molecule has 2 rings (SSSR count). The highest BCUT2D eigenvalue weighted by Gasteiger charge is 2.41. The van der Waals surface area contributed by atoms with Crippen LogP contribution in [0.4, 0.5) is 0 Å². The number of methoxy groups -OCH3 is 1. The van der Waals surface area contributed by atoms with Crippen molar-refractivity contribution in [2.24, 2.45) is 11.7 Å². The minimum Gasteiger partial charge on any atom is -0.467 e. The molecule has 1 saturated carbocycles. The highest BCUT2D eigenvalue weighted by atomic mass is 16.5. The molecule has 0 aromatic carbocycles. The maximum absolute atomic E-state index is 12.5. The van der Waals surface area contributed by atoms with Gasteiger partial charge in [0.25, 0.3) is 0 Å². The van der Waals surface area contributed by atoms with Crippen molar-refractivity contribution < 1.29 is 19.4 Å². The van der Waals surface area contributed by atoms with Crippen LogP contribution in [0.15, 0.2) is 0 Å². The van der Waals surface area contributed by atoms with Gasteiger partial charge in [-0.2, -0.15) is 0 Å². The third-order valence-corrected chi connectivity index (χ3v) is 4.66. The normalized spacial score (nSPS) is 28.4. The predicted molar refractivity (Wildman–Crippen MR) is 77.3 cm³/mol. The van der Waals surface area contributed by atoms with Crippen LogP contribution in [-0.2, 0) is 14.3 Å². The van der Waals surface area contributed by atoms with E-state index in [-0.39, 0.29) is 18.9 Å². The van der Waals surface area contributed by atoms with Gasteiger partial charge in [0.05, 0.1) is 19.3 Å². The van der Waals surface area contributed by atoms with E-state index >= 15 is 0 Å². The molecule has 1 aliphatic carbocycles. The topological polar surface area (TPSA) is 92.9 Å². The first kappa shape index (κ1) is 16.2. The number of ether oxygens (including phenoxy) is 1. The molecule has 21 heavy (non-hydrogen) atoms. The van der Waals surface area contributed by atoms with E-state index < -0.39 is 24.2 Å². The van der Waals surface area contributed by atoms with Gasteiger partial charge < -0.3 is 20.5 Å². The summed E-state index contributed by atoms with van der Waals surface area (Å²) < 4.78 is 4.71. The summed E-state index contributed by atoms with van der Waals surface area (Å²) in [5.74, 6) is -0.223. The van der Waals surface area contributed by atoms with Gasteiger partial charge in [0, 0.05) is 13.0 Å². The van der Waals surface area contributed by atoms with E-state index in [2.05, 4.69) is 0 Å². The first-order valence-electron chi connectivity index (χ1n) is 7.85. The van der Waals surface area contributed by atoms with Gasteiger partial charge in [0.1, 0.15) is 6.04 Å². The Kier molecular flexibility index (Phi) is 5.58. The third kappa shape index (κ3) is 3.95. The molecule has 1 aliphatic heterocycles. The van der Waals surface area contributed by atoms with Gasteiger partial charge >= 0.3 is 5.97 Å². The zero-order valence-electron chi connectivity index (χ0n) is 12.7. The number of hydrogen-bond donors (Lipinski definition) is 2. The summed E-state index contributed by atoms with van der Waals surface area (Å²) in [6.45, 7) is 0.164. The second kappa shape index (κ2) is 7.22. The summed E-state index contributed by atoms with van der Waals surface area (Å²) in [6, 6.07) is -1.29. The fraction of sp³-hybridized carbons (Fsp3) is 0.867. The van der Waals surface area contributed by atoms with Crippen LogP contribution in [0.1, 0.15) is 44.9 Å². The van der Waals surface area contributed by atoms with Gasteiger partial charge in [-0.1, -0.05) is 32.1 Å². The zero-order valence-corrected chi connectivity index (χ0v) is 12.7. The number of nitrogens with zero attached hydrogens (tertiary/aromatic N) is 1. The lowest BCUT2D eigenvalue weighted by molar-refractivity contribution is -0.151. The van der Waals surface area contributed by atoms with E-state index in [4.69, 9.17) is 10.5 Å². The van der Waals surface area contributed by atoms with Crippen molar-refractivity contribution in [1.82, 2.24) is 4.90 Å². The highest BCUT2D eigenvalue weighted by molar-refractivity contribution is 5.88. The fourth-order valence-corrected chi connectivity index (χ4v) is 3.51. The third-order valence-electron chi connectivity index (χ3n) is 4.66. The second-order valence-corrected chi connectivity index (χ2v) is 6.27. The number of rotatable bonds is 4. The zero-order chi connectivity index (χ0) is 15.4. The molecule has 1 amide bonds. The molecule has 0 spiro atoms. The van der Waals surface area contributed by atoms with Crippen LogP contribution in [-0.4, -0.2) is 53.7 Å². The molecule has 1 heterocycles. The monoisotopic (exact) mass is 298 g/mol. The van der Waals surface area contributed by atoms with Crippen LogP contribution in [0, 0.1) is 5.92 Å². The van der Waals surface area contributed by atoms with Gasteiger partial charge in [-0.15, -0.1) is 0 Å². The Morgan fingerprint density at radius 3 is 2.62 bits per heavy atom. The van der Waals surface area contributed by atoms with Crippen molar-refractivity contribution in [2.45, 2.75) is 63.1 Å². The first-order valence-corrected chi connectivity index (χ1v) is 7.85. The van der Waals surface area contributed by atoms with Crippen molar-refractivity contribution in [1.29, 1.82) is 0 Å². The maximum Gasteiger partial charge on any atom is 0.328 e. The van der Waals surface area contributed by atoms with E-state index in [9.17, 15) is 14.7 Å². The van der Waals surface area contributed by atoms with Crippen molar-refractivity contribution in [3.05, 3.63) is 0 Å². The van der Waals surface area contributed by atoms with Crippen molar-refractivity contribution >= 4 is 11.9 Å². The van der Waals surface area contributed by atoms with E-state index in [1.54, 1.807) is 0 Å². The van der Waals surface area contributed by atoms with Gasteiger partial charge in [0.15, 0.2) is 0 Å². The average Bonchev–Trinajstić information content (AvgIpc) is 2.88. The summed E-state index contributed by atoms with van der Waals surface area (Å²) in [4.78, 5) is 25.6. The number of aliphatic hydroxyl groups is 1. The maximum atomic E-state index is 12.5.